The quantitative estimate of drug-likeness (QED) is 0.909. The van der Waals surface area contributed by atoms with Crippen LogP contribution in [-0.2, 0) is 9.53 Å². The predicted molar refractivity (Wildman–Crippen MR) is 74.2 cm³/mol. The second kappa shape index (κ2) is 5.21. The number of carboxylic acids is 1. The zero-order chi connectivity index (χ0) is 15.0. The zero-order valence-electron chi connectivity index (χ0n) is 11.5. The summed E-state index contributed by atoms with van der Waals surface area (Å²) in [5, 5.41) is 10.1. The van der Waals surface area contributed by atoms with Crippen LogP contribution in [0.1, 0.15) is 16.1 Å². The molecule has 2 aromatic rings. The first-order valence-corrected chi connectivity index (χ1v) is 6.69. The summed E-state index contributed by atoms with van der Waals surface area (Å²) in [5.74, 6) is -1.28. The normalized spacial score (nSPS) is 18.9. The number of nitrogens with zero attached hydrogens (tertiary/aromatic N) is 1. The molecule has 1 aliphatic rings. The molecule has 0 unspecified atom stereocenters. The number of furan rings is 1. The van der Waals surface area contributed by atoms with Gasteiger partial charge in [-0.3, -0.25) is 4.79 Å². The number of carbonyl (C=O) groups excluding carboxylic acids is 1. The highest BCUT2D eigenvalue weighted by atomic mass is 16.5. The van der Waals surface area contributed by atoms with Crippen molar-refractivity contribution in [1.29, 1.82) is 0 Å². The van der Waals surface area contributed by atoms with Crippen molar-refractivity contribution in [3.05, 3.63) is 35.6 Å². The smallest absolute Gasteiger partial charge is 0.328 e. The van der Waals surface area contributed by atoms with E-state index in [4.69, 9.17) is 9.15 Å². The van der Waals surface area contributed by atoms with Gasteiger partial charge >= 0.3 is 5.97 Å². The van der Waals surface area contributed by atoms with Crippen LogP contribution < -0.4 is 0 Å². The maximum absolute atomic E-state index is 12.6. The van der Waals surface area contributed by atoms with Gasteiger partial charge in [-0.15, -0.1) is 0 Å². The summed E-state index contributed by atoms with van der Waals surface area (Å²) >= 11 is 0. The van der Waals surface area contributed by atoms with E-state index in [-0.39, 0.29) is 18.9 Å². The largest absolute Gasteiger partial charge is 0.480 e. The predicted octanol–water partition coefficient (Wildman–Crippen LogP) is 1.67. The minimum absolute atomic E-state index is 0.000347. The average molecular weight is 289 g/mol. The van der Waals surface area contributed by atoms with Gasteiger partial charge in [-0.25, -0.2) is 4.79 Å². The van der Waals surface area contributed by atoms with E-state index in [9.17, 15) is 14.7 Å². The SMILES string of the molecule is Cc1c(C(=O)N2CCOC[C@@H]2C(=O)O)oc2ccccc12. The number of aliphatic carboxylic acids is 1. The minimum Gasteiger partial charge on any atom is -0.480 e. The number of aryl methyl sites for hydroxylation is 1. The first-order chi connectivity index (χ1) is 10.1. The van der Waals surface area contributed by atoms with Crippen molar-refractivity contribution in [1.82, 2.24) is 4.90 Å². The van der Waals surface area contributed by atoms with E-state index in [1.165, 1.54) is 4.90 Å². The highest BCUT2D eigenvalue weighted by molar-refractivity contribution is 6.00. The molecule has 1 fully saturated rings. The summed E-state index contributed by atoms with van der Waals surface area (Å²) in [6.07, 6.45) is 0. The van der Waals surface area contributed by atoms with Gasteiger partial charge in [0.15, 0.2) is 11.8 Å². The Hall–Kier alpha value is -2.34. The van der Waals surface area contributed by atoms with Crippen LogP contribution >= 0.6 is 0 Å². The van der Waals surface area contributed by atoms with E-state index in [1.807, 2.05) is 18.2 Å². The lowest BCUT2D eigenvalue weighted by atomic mass is 10.1. The van der Waals surface area contributed by atoms with Gasteiger partial charge in [0.25, 0.3) is 5.91 Å². The maximum Gasteiger partial charge on any atom is 0.328 e. The van der Waals surface area contributed by atoms with Gasteiger partial charge in [0.05, 0.1) is 13.2 Å². The van der Waals surface area contributed by atoms with Crippen molar-refractivity contribution in [2.75, 3.05) is 19.8 Å². The first-order valence-electron chi connectivity index (χ1n) is 6.69. The Morgan fingerprint density at radius 2 is 2.10 bits per heavy atom. The number of rotatable bonds is 2. The van der Waals surface area contributed by atoms with Crippen LogP contribution in [0, 0.1) is 6.92 Å². The van der Waals surface area contributed by atoms with Crippen LogP contribution in [0.4, 0.5) is 0 Å². The molecule has 1 aromatic heterocycles. The van der Waals surface area contributed by atoms with E-state index in [0.29, 0.717) is 12.2 Å². The third-order valence-electron chi connectivity index (χ3n) is 3.71. The summed E-state index contributed by atoms with van der Waals surface area (Å²) in [4.78, 5) is 25.2. The molecule has 0 aliphatic carbocycles. The summed E-state index contributed by atoms with van der Waals surface area (Å²) in [7, 11) is 0. The van der Waals surface area contributed by atoms with Crippen molar-refractivity contribution in [3.63, 3.8) is 0 Å². The van der Waals surface area contributed by atoms with Crippen molar-refractivity contribution in [2.45, 2.75) is 13.0 Å². The fourth-order valence-corrected chi connectivity index (χ4v) is 2.56. The second-order valence-corrected chi connectivity index (χ2v) is 4.98. The second-order valence-electron chi connectivity index (χ2n) is 4.98. The highest BCUT2D eigenvalue weighted by Gasteiger charge is 2.35. The summed E-state index contributed by atoms with van der Waals surface area (Å²) in [5.41, 5.74) is 1.35. The number of benzene rings is 1. The molecule has 0 saturated carbocycles. The van der Waals surface area contributed by atoms with Crippen molar-refractivity contribution in [3.8, 4) is 0 Å². The van der Waals surface area contributed by atoms with Crippen LogP contribution in [0.25, 0.3) is 11.0 Å². The number of fused-ring (bicyclic) bond motifs is 1. The lowest BCUT2D eigenvalue weighted by molar-refractivity contribution is -0.147. The highest BCUT2D eigenvalue weighted by Crippen LogP contribution is 2.26. The van der Waals surface area contributed by atoms with Gasteiger partial charge in [0, 0.05) is 17.5 Å². The van der Waals surface area contributed by atoms with E-state index >= 15 is 0 Å². The van der Waals surface area contributed by atoms with E-state index in [2.05, 4.69) is 0 Å². The van der Waals surface area contributed by atoms with Crippen LogP contribution in [0.2, 0.25) is 0 Å². The summed E-state index contributed by atoms with van der Waals surface area (Å²) < 4.78 is 10.8. The van der Waals surface area contributed by atoms with Gasteiger partial charge in [-0.1, -0.05) is 18.2 Å². The Kier molecular flexibility index (Phi) is 3.39. The molecule has 6 heteroatoms. The van der Waals surface area contributed by atoms with Gasteiger partial charge in [0.1, 0.15) is 5.58 Å². The molecule has 1 saturated heterocycles. The Morgan fingerprint density at radius 3 is 2.81 bits per heavy atom. The molecular formula is C15H15NO5. The van der Waals surface area contributed by atoms with Crippen molar-refractivity contribution < 1.29 is 23.8 Å². The number of para-hydroxylation sites is 1. The summed E-state index contributed by atoms with van der Waals surface area (Å²) in [6, 6.07) is 6.38. The Labute approximate surface area is 120 Å². The van der Waals surface area contributed by atoms with Gasteiger partial charge in [0.2, 0.25) is 0 Å². The molecule has 2 heterocycles. The van der Waals surface area contributed by atoms with Crippen LogP contribution in [-0.4, -0.2) is 47.7 Å². The molecule has 110 valence electrons. The van der Waals surface area contributed by atoms with Gasteiger partial charge in [-0.05, 0) is 13.0 Å². The molecule has 0 radical (unpaired) electrons. The van der Waals surface area contributed by atoms with Crippen LogP contribution in [0.15, 0.2) is 28.7 Å². The molecule has 1 aromatic carbocycles. The number of ether oxygens (including phenoxy) is 1. The van der Waals surface area contributed by atoms with E-state index in [0.717, 1.165) is 10.9 Å². The minimum atomic E-state index is -1.07. The standard InChI is InChI=1S/C15H15NO5/c1-9-10-4-2-3-5-12(10)21-13(9)14(17)16-6-7-20-8-11(16)15(18)19/h2-5,11H,6-8H2,1H3,(H,18,19)/t11-/m1/s1. The Balaban J connectivity index is 1.99. The number of carboxylic acid groups (broad SMARTS) is 1. The first kappa shape index (κ1) is 13.6. The Bertz CT molecular complexity index is 705. The molecule has 1 aliphatic heterocycles. The fourth-order valence-electron chi connectivity index (χ4n) is 2.56. The third kappa shape index (κ3) is 2.27. The maximum atomic E-state index is 12.6. The van der Waals surface area contributed by atoms with E-state index < -0.39 is 17.9 Å². The van der Waals surface area contributed by atoms with Crippen molar-refractivity contribution in [2.24, 2.45) is 0 Å². The number of amides is 1. The molecule has 0 spiro atoms. The lowest BCUT2D eigenvalue weighted by Crippen LogP contribution is -2.52. The van der Waals surface area contributed by atoms with Crippen LogP contribution in [0.5, 0.6) is 0 Å². The molecule has 6 nitrogen and oxygen atoms in total. The molecule has 1 atom stereocenters. The fraction of sp³-hybridized carbons (Fsp3) is 0.333. The monoisotopic (exact) mass is 289 g/mol. The number of hydrogen-bond donors (Lipinski definition) is 1. The number of morpholine rings is 1. The lowest BCUT2D eigenvalue weighted by Gasteiger charge is -2.32. The number of carbonyl (C=O) groups is 2. The average Bonchev–Trinajstić information content (AvgIpc) is 2.84. The molecule has 3 rings (SSSR count). The van der Waals surface area contributed by atoms with Gasteiger partial charge < -0.3 is 19.2 Å². The van der Waals surface area contributed by atoms with Crippen LogP contribution in [0.3, 0.4) is 0 Å². The number of hydrogen-bond acceptors (Lipinski definition) is 4. The molecular weight excluding hydrogens is 274 g/mol. The molecule has 21 heavy (non-hydrogen) atoms. The van der Waals surface area contributed by atoms with Crippen molar-refractivity contribution >= 4 is 22.8 Å². The topological polar surface area (TPSA) is 80.0 Å². The summed E-state index contributed by atoms with van der Waals surface area (Å²) in [6.45, 7) is 2.37. The Morgan fingerprint density at radius 1 is 1.33 bits per heavy atom. The molecule has 0 bridgehead atoms. The zero-order valence-corrected chi connectivity index (χ0v) is 11.5. The van der Waals surface area contributed by atoms with E-state index in [1.54, 1.807) is 13.0 Å². The molecule has 1 amide bonds. The molecule has 1 N–H and O–H groups in total. The van der Waals surface area contributed by atoms with Gasteiger partial charge in [-0.2, -0.15) is 0 Å². The third-order valence-corrected chi connectivity index (χ3v) is 3.71.